The number of alkyl halides is 3. The lowest BCUT2D eigenvalue weighted by Gasteiger charge is -2.27. The van der Waals surface area contributed by atoms with Crippen LogP contribution in [0.5, 0.6) is 0 Å². The normalized spacial score (nSPS) is 12.2. The van der Waals surface area contributed by atoms with Gasteiger partial charge in [0.2, 0.25) is 11.7 Å². The number of amides is 1. The van der Waals surface area contributed by atoms with Crippen LogP contribution < -0.4 is 10.6 Å². The summed E-state index contributed by atoms with van der Waals surface area (Å²) in [4.78, 5) is 42.6. The first-order valence-corrected chi connectivity index (χ1v) is 12.5. The average molecular weight is 605 g/mol. The van der Waals surface area contributed by atoms with Gasteiger partial charge in [-0.2, -0.15) is 13.2 Å². The number of fused-ring (bicyclic) bond motifs is 1. The summed E-state index contributed by atoms with van der Waals surface area (Å²) < 4.78 is 58.3. The Hall–Kier alpha value is -5.03. The number of hydrogen-bond donors (Lipinski definition) is 3. The van der Waals surface area contributed by atoms with Crippen LogP contribution in [0.15, 0.2) is 48.9 Å². The molecule has 0 radical (unpaired) electrons. The van der Waals surface area contributed by atoms with Gasteiger partial charge in [-0.15, -0.1) is 0 Å². The van der Waals surface area contributed by atoms with Crippen LogP contribution in [0, 0.1) is 15.9 Å². The number of carbonyl (C=O) groups is 1. The van der Waals surface area contributed by atoms with Crippen LogP contribution in [-0.2, 0) is 28.9 Å². The zero-order chi connectivity index (χ0) is 31.4. The molecule has 0 unspecified atom stereocenters. The van der Waals surface area contributed by atoms with Crippen molar-refractivity contribution in [3.63, 3.8) is 0 Å². The molecule has 0 atom stereocenters. The fraction of sp³-hybridized carbons (Fsp3) is 0.269. The molecule has 3 aromatic heterocycles. The largest absolute Gasteiger partial charge is 0.419 e. The lowest BCUT2D eigenvalue weighted by molar-refractivity contribution is -0.898. The number of nitro groups is 1. The molecule has 3 heterocycles. The van der Waals surface area contributed by atoms with Gasteiger partial charge in [-0.05, 0) is 35.3 Å². The zero-order valence-corrected chi connectivity index (χ0v) is 23.1. The number of imidazole rings is 1. The van der Waals surface area contributed by atoms with Crippen molar-refractivity contribution in [2.45, 2.75) is 19.3 Å². The van der Waals surface area contributed by atoms with Gasteiger partial charge < -0.3 is 30.0 Å². The van der Waals surface area contributed by atoms with Crippen LogP contribution in [0.4, 0.5) is 40.7 Å². The van der Waals surface area contributed by atoms with E-state index in [1.807, 2.05) is 14.1 Å². The van der Waals surface area contributed by atoms with E-state index in [1.165, 1.54) is 31.8 Å². The van der Waals surface area contributed by atoms with E-state index >= 15 is 0 Å². The molecule has 0 aliphatic heterocycles. The molecule has 4 aromatic rings. The predicted molar refractivity (Wildman–Crippen MR) is 146 cm³/mol. The van der Waals surface area contributed by atoms with Crippen LogP contribution in [0.2, 0.25) is 0 Å². The van der Waals surface area contributed by atoms with E-state index < -0.39 is 28.4 Å². The van der Waals surface area contributed by atoms with Crippen LogP contribution in [0.1, 0.15) is 17.1 Å². The number of hydrogen-bond acceptors (Lipinski definition) is 9. The van der Waals surface area contributed by atoms with Gasteiger partial charge in [0.25, 0.3) is 0 Å². The maximum absolute atomic E-state index is 13.7. The van der Waals surface area contributed by atoms with Crippen LogP contribution in [-0.4, -0.2) is 68.0 Å². The minimum Gasteiger partial charge on any atom is -0.374 e. The molecule has 0 aliphatic carbocycles. The fourth-order valence-corrected chi connectivity index (χ4v) is 4.09. The summed E-state index contributed by atoms with van der Waals surface area (Å²) in [7, 11) is 5.08. The van der Waals surface area contributed by atoms with E-state index in [2.05, 4.69) is 35.6 Å². The number of nitrogens with one attached hydrogen (secondary N) is 3. The fourth-order valence-electron chi connectivity index (χ4n) is 4.09. The van der Waals surface area contributed by atoms with Gasteiger partial charge in [-0.1, -0.05) is 0 Å². The van der Waals surface area contributed by atoms with E-state index in [9.17, 15) is 32.5 Å². The molecule has 0 bridgehead atoms. The van der Waals surface area contributed by atoms with Gasteiger partial charge in [0.15, 0.2) is 5.69 Å². The second-order valence-corrected chi connectivity index (χ2v) is 9.96. The Labute approximate surface area is 241 Å². The molecule has 0 saturated heterocycles. The van der Waals surface area contributed by atoms with Gasteiger partial charge in [-0.25, -0.2) is 29.3 Å². The van der Waals surface area contributed by atoms with Crippen molar-refractivity contribution in [3.8, 4) is 0 Å². The number of ether oxygens (including phenoxy) is 1. The molecule has 226 valence electrons. The highest BCUT2D eigenvalue weighted by Gasteiger charge is 2.34. The van der Waals surface area contributed by atoms with Crippen LogP contribution >= 0.6 is 0 Å². The molecule has 1 amide bonds. The monoisotopic (exact) mass is 604 g/mol. The van der Waals surface area contributed by atoms with Crippen molar-refractivity contribution >= 4 is 40.0 Å². The lowest BCUT2D eigenvalue weighted by atomic mass is 10.1. The molecule has 43 heavy (non-hydrogen) atoms. The number of rotatable bonds is 11. The van der Waals surface area contributed by atoms with Crippen molar-refractivity contribution in [2.24, 2.45) is 0 Å². The Balaban J connectivity index is 1.45. The molecule has 0 saturated carbocycles. The van der Waals surface area contributed by atoms with E-state index in [0.29, 0.717) is 35.4 Å². The molecule has 0 spiro atoms. The number of pyridine rings is 1. The number of benzene rings is 1. The standard InChI is InChI=1S/C26H25F4N9O4/c1-39(2,12-20-25(38(41)42)37-22(35-20)13-43-3)8-4-5-23(40)36-21-10-16-19(11-31-21)32-14-33-24(16)34-15-6-7-18(27)17(9-15)26(28,29)30/h4-7,9-11,14H,8,12-13H2,1-3H3,(H2-,31,32,33,34,35,36,37,40)/p+1/b5-4+. The van der Waals surface area contributed by atoms with Gasteiger partial charge in [0.1, 0.15) is 36.9 Å². The summed E-state index contributed by atoms with van der Waals surface area (Å²) in [6.45, 7) is 0.608. The molecular formula is C26H26F4N9O4+. The number of carbonyl (C=O) groups excluding carboxylic acids is 1. The van der Waals surface area contributed by atoms with E-state index in [4.69, 9.17) is 4.74 Å². The number of H-pyrrole nitrogens is 1. The summed E-state index contributed by atoms with van der Waals surface area (Å²) >= 11 is 0. The molecule has 1 aromatic carbocycles. The maximum atomic E-state index is 13.7. The molecule has 3 N–H and O–H groups in total. The average Bonchev–Trinajstić information content (AvgIpc) is 3.31. The van der Waals surface area contributed by atoms with Gasteiger partial charge in [0, 0.05) is 24.3 Å². The molecule has 17 heteroatoms. The molecule has 0 fully saturated rings. The number of nitrogens with zero attached hydrogens (tertiary/aromatic N) is 6. The quantitative estimate of drug-likeness (QED) is 0.0737. The Morgan fingerprint density at radius 1 is 1.21 bits per heavy atom. The number of likely N-dealkylation sites (N-methyl/N-ethyl adjacent to an activating group) is 1. The third-order valence-electron chi connectivity index (χ3n) is 6.02. The first-order valence-electron chi connectivity index (χ1n) is 12.5. The second-order valence-electron chi connectivity index (χ2n) is 9.96. The highest BCUT2D eigenvalue weighted by atomic mass is 19.4. The van der Waals surface area contributed by atoms with Crippen molar-refractivity contribution < 1.29 is 36.5 Å². The van der Waals surface area contributed by atoms with E-state index in [1.54, 1.807) is 6.08 Å². The third-order valence-corrected chi connectivity index (χ3v) is 6.02. The van der Waals surface area contributed by atoms with Crippen LogP contribution in [0.25, 0.3) is 10.9 Å². The van der Waals surface area contributed by atoms with Crippen LogP contribution in [0.3, 0.4) is 0 Å². The lowest BCUT2D eigenvalue weighted by Crippen LogP contribution is -2.39. The first-order chi connectivity index (χ1) is 20.3. The predicted octanol–water partition coefficient (Wildman–Crippen LogP) is 4.48. The summed E-state index contributed by atoms with van der Waals surface area (Å²) in [6, 6.07) is 3.89. The molecule has 4 rings (SSSR count). The SMILES string of the molecule is COCc1nc(C[N+](C)(C)C/C=C/C(=O)Nc2cc3c(Nc4ccc(F)c(C(F)(F)F)c4)ncnc3cn2)c([N+](=O)[O-])[nH]1. The zero-order valence-electron chi connectivity index (χ0n) is 23.1. The van der Waals surface area contributed by atoms with Gasteiger partial charge >= 0.3 is 12.0 Å². The molecular weight excluding hydrogens is 578 g/mol. The number of quaternary nitrogens is 1. The Morgan fingerprint density at radius 2 is 1.98 bits per heavy atom. The van der Waals surface area contributed by atoms with Crippen molar-refractivity contribution in [1.29, 1.82) is 0 Å². The van der Waals surface area contributed by atoms with Crippen molar-refractivity contribution in [2.75, 3.05) is 38.4 Å². The first kappa shape index (κ1) is 30.9. The Kier molecular flexibility index (Phi) is 8.96. The summed E-state index contributed by atoms with van der Waals surface area (Å²) in [5.41, 5.74) is -0.904. The minimum absolute atomic E-state index is 0.0603. The highest BCUT2D eigenvalue weighted by molar-refractivity contribution is 6.00. The summed E-state index contributed by atoms with van der Waals surface area (Å²) in [5, 5.41) is 17.1. The molecule has 0 aliphatic rings. The van der Waals surface area contributed by atoms with Gasteiger partial charge in [0.05, 0.1) is 37.9 Å². The number of aromatic amines is 1. The minimum atomic E-state index is -4.89. The Morgan fingerprint density at radius 3 is 2.67 bits per heavy atom. The van der Waals surface area contributed by atoms with Gasteiger partial charge in [-0.3, -0.25) is 4.79 Å². The Bertz CT molecular complexity index is 1690. The number of aromatic nitrogens is 5. The number of anilines is 3. The third kappa shape index (κ3) is 7.83. The summed E-state index contributed by atoms with van der Waals surface area (Å²) in [5.74, 6) is -1.61. The topological polar surface area (TPSA) is 161 Å². The van der Waals surface area contributed by atoms with E-state index in [0.717, 1.165) is 6.07 Å². The maximum Gasteiger partial charge on any atom is 0.419 e. The highest BCUT2D eigenvalue weighted by Crippen LogP contribution is 2.34. The summed E-state index contributed by atoms with van der Waals surface area (Å²) in [6.07, 6.45) is 0.509. The molecule has 13 nitrogen and oxygen atoms in total. The smallest absolute Gasteiger partial charge is 0.374 e. The number of halogens is 4. The van der Waals surface area contributed by atoms with Crippen molar-refractivity contribution in [1.82, 2.24) is 24.9 Å². The van der Waals surface area contributed by atoms with Crippen molar-refractivity contribution in [3.05, 3.63) is 82.0 Å². The number of methoxy groups -OCH3 is 1. The van der Waals surface area contributed by atoms with E-state index in [-0.39, 0.29) is 46.5 Å². The second kappa shape index (κ2) is 12.5.